The summed E-state index contributed by atoms with van der Waals surface area (Å²) in [7, 11) is 0. The van der Waals surface area contributed by atoms with Gasteiger partial charge in [0.2, 0.25) is 0 Å². The summed E-state index contributed by atoms with van der Waals surface area (Å²) in [6.45, 7) is 0. The Hall–Kier alpha value is -2.12. The zero-order chi connectivity index (χ0) is 14.7. The molecule has 22 heavy (non-hydrogen) atoms. The molecule has 0 radical (unpaired) electrons. The second-order valence-corrected chi connectivity index (χ2v) is 6.84. The lowest BCUT2D eigenvalue weighted by atomic mass is 9.92. The predicted octanol–water partition coefficient (Wildman–Crippen LogP) is 6.33. The molecule has 0 spiro atoms. The Balaban J connectivity index is 2.05. The van der Waals surface area contributed by atoms with Crippen LogP contribution in [0.25, 0.3) is 32.7 Å². The molecule has 1 aliphatic rings. The minimum absolute atomic E-state index is 1.03. The van der Waals surface area contributed by atoms with Crippen LogP contribution in [-0.4, -0.2) is 0 Å². The number of fused-ring (bicyclic) bond motifs is 8. The Morgan fingerprint density at radius 2 is 1.32 bits per heavy atom. The maximum Gasteiger partial charge on any atom is 0.0181 e. The first-order valence-electron chi connectivity index (χ1n) is 7.54. The van der Waals surface area contributed by atoms with E-state index in [1.807, 2.05) is 0 Å². The van der Waals surface area contributed by atoms with Crippen LogP contribution in [0.4, 0.5) is 0 Å². The van der Waals surface area contributed by atoms with Gasteiger partial charge < -0.3 is 0 Å². The number of hydrogen-bond acceptors (Lipinski definition) is 0. The van der Waals surface area contributed by atoms with Crippen molar-refractivity contribution in [2.45, 2.75) is 6.42 Å². The Morgan fingerprint density at radius 3 is 2.09 bits per heavy atom. The largest absolute Gasteiger partial charge is 0.0616 e. The van der Waals surface area contributed by atoms with E-state index in [0.29, 0.717) is 0 Å². The maximum atomic E-state index is 3.63. The molecule has 1 aliphatic carbocycles. The molecule has 5 rings (SSSR count). The van der Waals surface area contributed by atoms with Crippen LogP contribution in [-0.2, 0) is 6.42 Å². The highest BCUT2D eigenvalue weighted by atomic mass is 79.9. The smallest absolute Gasteiger partial charge is 0.0181 e. The first kappa shape index (κ1) is 12.4. The lowest BCUT2D eigenvalue weighted by molar-refractivity contribution is 1.28. The van der Waals surface area contributed by atoms with Crippen LogP contribution in [0.5, 0.6) is 0 Å². The molecule has 0 saturated heterocycles. The topological polar surface area (TPSA) is 0 Å². The van der Waals surface area contributed by atoms with E-state index < -0.39 is 0 Å². The molecule has 0 aromatic heterocycles. The lowest BCUT2D eigenvalue weighted by Crippen LogP contribution is -1.87. The summed E-state index contributed by atoms with van der Waals surface area (Å²) in [4.78, 5) is 0. The molecule has 0 heterocycles. The third kappa shape index (κ3) is 1.57. The van der Waals surface area contributed by atoms with Crippen molar-refractivity contribution in [2.75, 3.05) is 0 Å². The fraction of sp³-hybridized carbons (Fsp3) is 0.0476. The van der Waals surface area contributed by atoms with Gasteiger partial charge >= 0.3 is 0 Å². The van der Waals surface area contributed by atoms with Crippen molar-refractivity contribution in [3.05, 3.63) is 82.3 Å². The summed E-state index contributed by atoms with van der Waals surface area (Å²) in [5, 5.41) is 5.48. The van der Waals surface area contributed by atoms with Gasteiger partial charge in [0.15, 0.2) is 0 Å². The van der Waals surface area contributed by atoms with E-state index in [2.05, 4.69) is 82.7 Å². The summed E-state index contributed by atoms with van der Waals surface area (Å²) in [6, 6.07) is 24.3. The molecular formula is C21H13Br. The molecule has 0 amide bonds. The van der Waals surface area contributed by atoms with E-state index in [4.69, 9.17) is 0 Å². The van der Waals surface area contributed by atoms with E-state index in [1.165, 1.54) is 43.8 Å². The van der Waals surface area contributed by atoms with Gasteiger partial charge in [0.1, 0.15) is 0 Å². The van der Waals surface area contributed by atoms with Crippen LogP contribution in [0.3, 0.4) is 0 Å². The van der Waals surface area contributed by atoms with Gasteiger partial charge in [-0.1, -0.05) is 70.5 Å². The molecule has 0 aliphatic heterocycles. The van der Waals surface area contributed by atoms with Gasteiger partial charge in [-0.2, -0.15) is 0 Å². The number of hydrogen-bond donors (Lipinski definition) is 0. The molecule has 0 bridgehead atoms. The van der Waals surface area contributed by atoms with Crippen LogP contribution in [0.1, 0.15) is 11.1 Å². The van der Waals surface area contributed by atoms with Gasteiger partial charge in [-0.05, 0) is 62.4 Å². The average molecular weight is 345 g/mol. The molecule has 0 unspecified atom stereocenters. The van der Waals surface area contributed by atoms with E-state index in [9.17, 15) is 0 Å². The van der Waals surface area contributed by atoms with E-state index in [0.717, 1.165) is 10.9 Å². The zero-order valence-electron chi connectivity index (χ0n) is 11.9. The molecule has 0 atom stereocenters. The first-order valence-corrected chi connectivity index (χ1v) is 8.33. The molecule has 0 N–H and O–H groups in total. The fourth-order valence-electron chi connectivity index (χ4n) is 3.83. The SMILES string of the molecule is Brc1ccc2c(c1)-c1c(c3ccccc3c3ccccc13)C2. The molecule has 1 heteroatoms. The molecule has 4 aromatic rings. The highest BCUT2D eigenvalue weighted by molar-refractivity contribution is 9.10. The molecule has 4 aromatic carbocycles. The van der Waals surface area contributed by atoms with Crippen LogP contribution in [0.2, 0.25) is 0 Å². The Labute approximate surface area is 137 Å². The van der Waals surface area contributed by atoms with Crippen molar-refractivity contribution in [1.29, 1.82) is 0 Å². The van der Waals surface area contributed by atoms with Gasteiger partial charge in [-0.25, -0.2) is 0 Å². The van der Waals surface area contributed by atoms with Gasteiger partial charge in [-0.3, -0.25) is 0 Å². The molecule has 0 fully saturated rings. The summed E-state index contributed by atoms with van der Waals surface area (Å²) in [6.07, 6.45) is 1.03. The Morgan fingerprint density at radius 1 is 0.682 bits per heavy atom. The van der Waals surface area contributed by atoms with Crippen molar-refractivity contribution < 1.29 is 0 Å². The van der Waals surface area contributed by atoms with E-state index >= 15 is 0 Å². The van der Waals surface area contributed by atoms with Crippen LogP contribution in [0, 0.1) is 0 Å². The lowest BCUT2D eigenvalue weighted by Gasteiger charge is -2.12. The van der Waals surface area contributed by atoms with Crippen molar-refractivity contribution in [1.82, 2.24) is 0 Å². The molecule has 104 valence electrons. The maximum absolute atomic E-state index is 3.63. The van der Waals surface area contributed by atoms with Crippen molar-refractivity contribution >= 4 is 37.5 Å². The van der Waals surface area contributed by atoms with Gasteiger partial charge in [0, 0.05) is 4.47 Å². The van der Waals surface area contributed by atoms with Crippen molar-refractivity contribution in [3.63, 3.8) is 0 Å². The average Bonchev–Trinajstić information content (AvgIpc) is 2.94. The molecule has 0 saturated carbocycles. The van der Waals surface area contributed by atoms with Crippen molar-refractivity contribution in [3.8, 4) is 11.1 Å². The third-order valence-electron chi connectivity index (χ3n) is 4.75. The highest BCUT2D eigenvalue weighted by Crippen LogP contribution is 2.46. The Bertz CT molecular complexity index is 1060. The first-order chi connectivity index (χ1) is 10.8. The van der Waals surface area contributed by atoms with Gasteiger partial charge in [0.05, 0.1) is 0 Å². The number of benzene rings is 4. The summed E-state index contributed by atoms with van der Waals surface area (Å²) >= 11 is 3.63. The Kier molecular flexibility index (Phi) is 2.51. The monoisotopic (exact) mass is 344 g/mol. The number of rotatable bonds is 0. The highest BCUT2D eigenvalue weighted by Gasteiger charge is 2.23. The second kappa shape index (κ2) is 4.44. The fourth-order valence-corrected chi connectivity index (χ4v) is 4.19. The normalized spacial score (nSPS) is 12.6. The minimum atomic E-state index is 1.03. The zero-order valence-corrected chi connectivity index (χ0v) is 13.5. The molecular weight excluding hydrogens is 332 g/mol. The predicted molar refractivity (Wildman–Crippen MR) is 97.4 cm³/mol. The minimum Gasteiger partial charge on any atom is -0.0616 e. The summed E-state index contributed by atoms with van der Waals surface area (Å²) in [5.74, 6) is 0. The second-order valence-electron chi connectivity index (χ2n) is 5.92. The summed E-state index contributed by atoms with van der Waals surface area (Å²) < 4.78 is 1.15. The molecule has 0 nitrogen and oxygen atoms in total. The quantitative estimate of drug-likeness (QED) is 0.288. The van der Waals surface area contributed by atoms with E-state index in [-0.39, 0.29) is 0 Å². The van der Waals surface area contributed by atoms with Crippen molar-refractivity contribution in [2.24, 2.45) is 0 Å². The van der Waals surface area contributed by atoms with Crippen LogP contribution in [0.15, 0.2) is 71.2 Å². The number of halogens is 1. The third-order valence-corrected chi connectivity index (χ3v) is 5.24. The van der Waals surface area contributed by atoms with E-state index in [1.54, 1.807) is 0 Å². The van der Waals surface area contributed by atoms with Crippen LogP contribution < -0.4 is 0 Å². The standard InChI is InChI=1S/C21H13Br/c22-14-10-9-13-11-20-17-7-2-1-5-15(17)16-6-3-4-8-18(16)21(20)19(13)12-14/h1-10,12H,11H2. The van der Waals surface area contributed by atoms with Crippen LogP contribution >= 0.6 is 15.9 Å². The summed E-state index contributed by atoms with van der Waals surface area (Å²) in [5.41, 5.74) is 5.71. The van der Waals surface area contributed by atoms with Gasteiger partial charge in [0.25, 0.3) is 0 Å². The van der Waals surface area contributed by atoms with Gasteiger partial charge in [-0.15, -0.1) is 0 Å².